The van der Waals surface area contributed by atoms with Crippen LogP contribution in [0.15, 0.2) is 84.0 Å². The normalized spacial score (nSPS) is 19.9. The first-order valence-electron chi connectivity index (χ1n) is 37.7. The number of thiocarbonyl (C=S) groups is 1. The van der Waals surface area contributed by atoms with Crippen molar-refractivity contribution in [1.82, 2.24) is 51.5 Å². The molecule has 4 fully saturated rings. The van der Waals surface area contributed by atoms with Crippen molar-refractivity contribution in [3.05, 3.63) is 112 Å². The number of carbonyl (C=O) groups excluding carboxylic acids is 11. The summed E-state index contributed by atoms with van der Waals surface area (Å²) >= 11 is 5.63. The fraction of sp³-hybridized carbons (Fsp3) is 0.468. The molecule has 10 rings (SSSR count). The van der Waals surface area contributed by atoms with Crippen molar-refractivity contribution >= 4 is 112 Å². The van der Waals surface area contributed by atoms with Gasteiger partial charge in [-0.25, -0.2) is 4.79 Å². The number of ether oxygens (including phenoxy) is 2. The van der Waals surface area contributed by atoms with E-state index >= 15 is 4.79 Å². The lowest BCUT2D eigenvalue weighted by Gasteiger charge is -2.39. The minimum Gasteiger partial charge on any atom is -0.508 e. The molecule has 0 aromatic heterocycles. The number of fused-ring (bicyclic) bond motifs is 6. The highest BCUT2D eigenvalue weighted by molar-refractivity contribution is 7.80. The predicted octanol–water partition coefficient (Wildman–Crippen LogP) is 1.28. The highest BCUT2D eigenvalue weighted by Gasteiger charge is 2.55. The summed E-state index contributed by atoms with van der Waals surface area (Å²) in [6.45, 7) is 2.56. The maximum atomic E-state index is 15.0. The van der Waals surface area contributed by atoms with Gasteiger partial charge in [0.2, 0.25) is 59.1 Å². The molecule has 6 aliphatic heterocycles. The maximum Gasteiger partial charge on any atom is 0.340 e. The molecule has 4 aromatic carbocycles. The Morgan fingerprint density at radius 2 is 1.22 bits per heavy atom. The third-order valence-electron chi connectivity index (χ3n) is 20.9. The van der Waals surface area contributed by atoms with E-state index in [-0.39, 0.29) is 104 Å². The van der Waals surface area contributed by atoms with Crippen LogP contribution in [0.1, 0.15) is 161 Å². The molecule has 0 aliphatic carbocycles. The summed E-state index contributed by atoms with van der Waals surface area (Å²) < 4.78 is 12.2. The highest BCUT2D eigenvalue weighted by Crippen LogP contribution is 2.57. The van der Waals surface area contributed by atoms with Crippen LogP contribution in [0.3, 0.4) is 0 Å². The second-order valence-electron chi connectivity index (χ2n) is 28.9. The van der Waals surface area contributed by atoms with Gasteiger partial charge >= 0.3 is 23.9 Å². The number of unbranched alkanes of at least 4 members (excludes halogenated alkanes) is 1. The number of hydrogen-bond donors (Lipinski definition) is 14. The number of nitrogens with zero attached hydrogens (tertiary/aromatic N) is 6. The number of nitriles is 1. The third-order valence-corrected chi connectivity index (χ3v) is 21.1. The number of carbonyl (C=O) groups is 14. The van der Waals surface area contributed by atoms with Crippen LogP contribution >= 0.6 is 12.2 Å². The molecule has 1 spiro atoms. The zero-order valence-electron chi connectivity index (χ0n) is 62.8. The zero-order chi connectivity index (χ0) is 83.1. The van der Waals surface area contributed by atoms with Gasteiger partial charge in [-0.05, 0) is 163 Å². The number of oxime groups is 1. The van der Waals surface area contributed by atoms with Crippen molar-refractivity contribution in [3.63, 3.8) is 0 Å². The lowest BCUT2D eigenvalue weighted by molar-refractivity contribution is -0.151. The standard InChI is InChI=1S/C77H90N14O23S/c1-40(72(108)90-30-6-4-9-57(90)74(110)91-39-47(114-81-38-43-15-13-42(37-78)14-16-43)36-58(91)70(106)85-53(24-27-63(98)99)67(103)84-52(66(79)102)23-26-62(96)97)82-71(107)65(41(2)92)87-69(105)56-11-8-32-89(56)73(109)54(25-28-64(100)101)86-68(104)55-10-7-31-88(55)61(95)12-3-5-29-80-76(115)83-44-17-20-48-51(33-44)77(113-75(48)111)49-21-18-45(93)34-59(49)112-60-35-46(94)19-22-50(60)77/h13-22,33-35,38,40-41,47,52-58,65,92-94H,3-12,23-32,36,39H2,1-2H3,(H2,79,102)(H,82,107)(H,84,103)(H,85,106)(H,86,104)(H,87,105)(H,96,97)(H,98,99)(H,100,101)(H2,80,83,115)/b81-38-/t40-,41+,47-,52-,53-,54-,55-,56-,57?,58-,65-/m0/s1. The SMILES string of the molecule is C[C@H](NC(=O)[C@@H](NC(=O)[C@@H]1CCCN1C(=O)[C@H](CCC(=O)O)NC(=O)[C@@H]1CCCN1C(=O)CCCCNC(=S)Nc1ccc2c(c1)C1(OC2=O)c2ccc(O)cc2Oc2cc(O)ccc21)[C@@H](C)O)C(=O)N1CCCCC1C(=O)N1C[C@@H](O/N=C\c2ccc(C#N)cc2)C[C@H]1C(=O)N[C@@H](CCC(=O)O)C(=O)N[C@@H](CCC(=O)O)C(N)=O. The van der Waals surface area contributed by atoms with Gasteiger partial charge in [0.05, 0.1) is 36.1 Å². The van der Waals surface area contributed by atoms with E-state index in [2.05, 4.69) is 42.4 Å². The quantitative estimate of drug-likeness (QED) is 0.0105. The largest absolute Gasteiger partial charge is 0.508 e. The van der Waals surface area contributed by atoms with E-state index in [1.54, 1.807) is 42.5 Å². The van der Waals surface area contributed by atoms with Gasteiger partial charge in [0.25, 0.3) is 0 Å². The van der Waals surface area contributed by atoms with E-state index < -0.39 is 188 Å². The van der Waals surface area contributed by atoms with Crippen molar-refractivity contribution in [2.45, 2.75) is 195 Å². The van der Waals surface area contributed by atoms with Gasteiger partial charge in [-0.3, -0.25) is 62.3 Å². The number of anilines is 1. The molecular formula is C77H90N14O23S. The lowest BCUT2D eigenvalue weighted by atomic mass is 9.77. The maximum absolute atomic E-state index is 15.0. The summed E-state index contributed by atoms with van der Waals surface area (Å²) in [7, 11) is 0. The van der Waals surface area contributed by atoms with Gasteiger partial charge in [-0.2, -0.15) is 5.26 Å². The summed E-state index contributed by atoms with van der Waals surface area (Å²) in [6, 6.07) is 8.86. The number of phenols is 2. The summed E-state index contributed by atoms with van der Waals surface area (Å²) in [5.41, 5.74) is 6.87. The van der Waals surface area contributed by atoms with E-state index in [0.29, 0.717) is 72.2 Å². The molecule has 0 saturated carbocycles. The number of aliphatic hydroxyl groups is 1. The Bertz CT molecular complexity index is 4480. The summed E-state index contributed by atoms with van der Waals surface area (Å²) in [5, 5.41) is 92.4. The van der Waals surface area contributed by atoms with Gasteiger partial charge in [0, 0.05) is 92.8 Å². The fourth-order valence-electron chi connectivity index (χ4n) is 15.1. The Balaban J connectivity index is 0.734. The molecular weight excluding hydrogens is 1520 g/mol. The van der Waals surface area contributed by atoms with E-state index in [9.17, 15) is 98.2 Å². The summed E-state index contributed by atoms with van der Waals surface area (Å²) in [6.07, 6.45) is -2.41. The van der Waals surface area contributed by atoms with Crippen molar-refractivity contribution in [1.29, 1.82) is 5.26 Å². The number of aliphatic hydroxyl groups excluding tert-OH is 1. The van der Waals surface area contributed by atoms with Crippen LogP contribution in [0, 0.1) is 11.3 Å². The molecule has 4 aromatic rings. The number of rotatable bonds is 33. The summed E-state index contributed by atoms with van der Waals surface area (Å²) in [5.74, 6) is -13.1. The number of piperidine rings is 1. The molecule has 38 heteroatoms. The third kappa shape index (κ3) is 20.5. The molecule has 15 N–H and O–H groups in total. The number of nitrogens with two attached hydrogens (primary N) is 1. The Hall–Kier alpha value is -12.5. The van der Waals surface area contributed by atoms with Crippen LogP contribution in [0.25, 0.3) is 0 Å². The molecule has 0 radical (unpaired) electrons. The Morgan fingerprint density at radius 1 is 0.643 bits per heavy atom. The topological polar surface area (TPSA) is 547 Å². The Morgan fingerprint density at radius 3 is 1.84 bits per heavy atom. The van der Waals surface area contributed by atoms with Crippen LogP contribution < -0.4 is 47.7 Å². The van der Waals surface area contributed by atoms with E-state index in [0.717, 1.165) is 9.80 Å². The Labute approximate surface area is 663 Å². The molecule has 37 nitrogen and oxygen atoms in total. The number of amides is 10. The molecule has 4 saturated heterocycles. The smallest absolute Gasteiger partial charge is 0.340 e. The minimum absolute atomic E-state index is 0.0179. The van der Waals surface area contributed by atoms with E-state index in [4.69, 9.17) is 32.3 Å². The molecule has 0 bridgehead atoms. The first-order chi connectivity index (χ1) is 54.8. The van der Waals surface area contributed by atoms with Gasteiger partial charge in [0.1, 0.15) is 83.5 Å². The predicted molar refractivity (Wildman–Crippen MR) is 405 cm³/mol. The number of esters is 1. The number of aromatic hydroxyl groups is 2. The average molecular weight is 1610 g/mol. The van der Waals surface area contributed by atoms with Gasteiger partial charge in [0.15, 0.2) is 10.7 Å². The molecule has 115 heavy (non-hydrogen) atoms. The second-order valence-corrected chi connectivity index (χ2v) is 29.3. The number of primary amides is 1. The van der Waals surface area contributed by atoms with Crippen LogP contribution in [-0.4, -0.2) is 244 Å². The number of nitrogens with one attached hydrogen (secondary N) is 7. The fourth-order valence-corrected chi connectivity index (χ4v) is 15.3. The Kier molecular flexibility index (Phi) is 28.0. The van der Waals surface area contributed by atoms with Crippen LogP contribution in [0.5, 0.6) is 23.0 Å². The molecule has 10 amide bonds. The summed E-state index contributed by atoms with van der Waals surface area (Å²) in [4.78, 5) is 200. The number of carboxylic acids is 3. The molecule has 6 aliphatic rings. The highest BCUT2D eigenvalue weighted by atomic mass is 32.1. The molecule has 11 atom stereocenters. The van der Waals surface area contributed by atoms with Gasteiger partial charge < -0.3 is 108 Å². The van der Waals surface area contributed by atoms with Crippen molar-refractivity contribution in [3.8, 4) is 29.1 Å². The van der Waals surface area contributed by atoms with Gasteiger partial charge in [-0.1, -0.05) is 17.3 Å². The van der Waals surface area contributed by atoms with Crippen molar-refractivity contribution < 1.29 is 112 Å². The first-order valence-corrected chi connectivity index (χ1v) is 38.1. The molecule has 612 valence electrons. The van der Waals surface area contributed by atoms with Crippen LogP contribution in [0.4, 0.5) is 5.69 Å². The van der Waals surface area contributed by atoms with E-state index in [1.165, 1.54) is 66.3 Å². The van der Waals surface area contributed by atoms with Gasteiger partial charge in [-0.15, -0.1) is 0 Å². The number of carboxylic acid groups (broad SMARTS) is 3. The lowest BCUT2D eigenvalue weighted by Crippen LogP contribution is -2.62. The van der Waals surface area contributed by atoms with E-state index in [1.807, 2.05) is 6.07 Å². The first kappa shape index (κ1) is 84.9. The average Bonchev–Trinajstić information content (AvgIpc) is 1.58. The number of phenolic OH excluding ortho intramolecular Hbond substituents is 2. The number of likely N-dealkylation sites (tertiary alicyclic amines) is 4. The minimum atomic E-state index is -1.78. The number of benzene rings is 4. The van der Waals surface area contributed by atoms with Crippen LogP contribution in [-0.2, 0) is 77.5 Å². The second kappa shape index (κ2) is 37.9. The van der Waals surface area contributed by atoms with Crippen molar-refractivity contribution in [2.75, 3.05) is 38.0 Å². The molecule has 1 unspecified atom stereocenters. The zero-order valence-corrected chi connectivity index (χ0v) is 63.6. The number of aliphatic carboxylic acids is 3. The van der Waals surface area contributed by atoms with Crippen molar-refractivity contribution in [2.24, 2.45) is 10.9 Å². The number of hydrogen-bond acceptors (Lipinski definition) is 23. The molecule has 6 heterocycles. The van der Waals surface area contributed by atoms with Crippen LogP contribution in [0.2, 0.25) is 0 Å². The monoisotopic (exact) mass is 1610 g/mol.